The van der Waals surface area contributed by atoms with E-state index in [-0.39, 0.29) is 30.4 Å². The Morgan fingerprint density at radius 2 is 1.90 bits per heavy atom. The summed E-state index contributed by atoms with van der Waals surface area (Å²) in [5, 5.41) is 9.60. The van der Waals surface area contributed by atoms with Crippen LogP contribution in [0.25, 0.3) is 5.57 Å². The van der Waals surface area contributed by atoms with Gasteiger partial charge in [-0.3, -0.25) is 14.5 Å². The number of benzene rings is 1. The number of rotatable bonds is 8. The van der Waals surface area contributed by atoms with Crippen molar-refractivity contribution in [1.29, 1.82) is 0 Å². The third-order valence-corrected chi connectivity index (χ3v) is 5.49. The van der Waals surface area contributed by atoms with E-state index in [0.717, 1.165) is 43.5 Å². The topological polar surface area (TPSA) is 70.1 Å². The van der Waals surface area contributed by atoms with Crippen LogP contribution in [0.2, 0.25) is 0 Å². The highest BCUT2D eigenvalue weighted by Gasteiger charge is 2.42. The lowest BCUT2D eigenvalue weighted by atomic mass is 9.97. The van der Waals surface area contributed by atoms with Crippen molar-refractivity contribution >= 4 is 17.4 Å². The number of hydrogen-bond acceptors (Lipinski definition) is 5. The molecule has 0 bridgehead atoms. The molecule has 2 heterocycles. The Balaban J connectivity index is 1.97. The van der Waals surface area contributed by atoms with E-state index in [1.165, 1.54) is 4.90 Å². The summed E-state index contributed by atoms with van der Waals surface area (Å²) in [6.45, 7) is 7.84. The van der Waals surface area contributed by atoms with Crippen LogP contribution in [0.3, 0.4) is 0 Å². The van der Waals surface area contributed by atoms with Crippen LogP contribution in [0.15, 0.2) is 30.0 Å². The third kappa shape index (κ3) is 4.64. The van der Waals surface area contributed by atoms with Crippen LogP contribution in [0.5, 0.6) is 5.75 Å². The van der Waals surface area contributed by atoms with Gasteiger partial charge in [-0.15, -0.1) is 0 Å². The summed E-state index contributed by atoms with van der Waals surface area (Å²) in [5.41, 5.74) is 1.70. The Morgan fingerprint density at radius 1 is 1.17 bits per heavy atom. The SMILES string of the molecule is CCCCN1C(=O)C(c2ccc(OC(C)C)cc2)=C(N2CCCC(CO)C2)C1=O. The molecule has 2 amide bonds. The lowest BCUT2D eigenvalue weighted by Crippen LogP contribution is -2.40. The summed E-state index contributed by atoms with van der Waals surface area (Å²) in [6, 6.07) is 7.41. The van der Waals surface area contributed by atoms with Crippen LogP contribution in [-0.2, 0) is 9.59 Å². The van der Waals surface area contributed by atoms with Gasteiger partial charge in [0.1, 0.15) is 11.4 Å². The number of amides is 2. The number of imide groups is 1. The third-order valence-electron chi connectivity index (χ3n) is 5.49. The maximum Gasteiger partial charge on any atom is 0.277 e. The second-order valence-electron chi connectivity index (χ2n) is 8.17. The summed E-state index contributed by atoms with van der Waals surface area (Å²) < 4.78 is 5.71. The first-order valence-corrected chi connectivity index (χ1v) is 10.7. The second-order valence-corrected chi connectivity index (χ2v) is 8.17. The maximum atomic E-state index is 13.2. The van der Waals surface area contributed by atoms with E-state index < -0.39 is 0 Å². The number of piperidine rings is 1. The molecular weight excluding hydrogens is 368 g/mol. The van der Waals surface area contributed by atoms with Gasteiger partial charge >= 0.3 is 0 Å². The zero-order valence-electron chi connectivity index (χ0n) is 17.7. The minimum absolute atomic E-state index is 0.0682. The summed E-state index contributed by atoms with van der Waals surface area (Å²) in [7, 11) is 0. The van der Waals surface area contributed by atoms with Gasteiger partial charge in [0.05, 0.1) is 11.7 Å². The van der Waals surface area contributed by atoms with Gasteiger partial charge in [-0.05, 0) is 56.7 Å². The Kier molecular flexibility index (Phi) is 6.96. The highest BCUT2D eigenvalue weighted by atomic mass is 16.5. The molecule has 0 aliphatic carbocycles. The number of likely N-dealkylation sites (tertiary alicyclic amines) is 1. The fraction of sp³-hybridized carbons (Fsp3) is 0.565. The van der Waals surface area contributed by atoms with E-state index in [4.69, 9.17) is 4.74 Å². The minimum Gasteiger partial charge on any atom is -0.491 e. The Bertz CT molecular complexity index is 770. The summed E-state index contributed by atoms with van der Waals surface area (Å²) in [5.74, 6) is 0.442. The largest absolute Gasteiger partial charge is 0.491 e. The standard InChI is InChI=1S/C23H32N2O4/c1-4-5-13-25-22(27)20(18-8-10-19(11-9-18)29-16(2)3)21(23(25)28)24-12-6-7-17(14-24)15-26/h8-11,16-17,26H,4-7,12-15H2,1-3H3. The Morgan fingerprint density at radius 3 is 2.52 bits per heavy atom. The normalized spacial score (nSPS) is 20.2. The fourth-order valence-corrected chi connectivity index (χ4v) is 4.03. The molecule has 1 fully saturated rings. The van der Waals surface area contributed by atoms with Crippen molar-refractivity contribution in [1.82, 2.24) is 9.80 Å². The van der Waals surface area contributed by atoms with Gasteiger partial charge < -0.3 is 14.7 Å². The molecule has 2 aliphatic rings. The molecule has 1 N–H and O–H groups in total. The van der Waals surface area contributed by atoms with Crippen LogP contribution in [0.4, 0.5) is 0 Å². The average Bonchev–Trinajstić information content (AvgIpc) is 2.96. The van der Waals surface area contributed by atoms with E-state index in [9.17, 15) is 14.7 Å². The van der Waals surface area contributed by atoms with Crippen molar-refractivity contribution in [3.8, 4) is 5.75 Å². The van der Waals surface area contributed by atoms with Crippen molar-refractivity contribution in [3.63, 3.8) is 0 Å². The number of unbranched alkanes of at least 4 members (excludes halogenated alkanes) is 1. The van der Waals surface area contributed by atoms with E-state index >= 15 is 0 Å². The van der Waals surface area contributed by atoms with Crippen molar-refractivity contribution in [2.75, 3.05) is 26.2 Å². The molecule has 6 heteroatoms. The molecule has 3 rings (SSSR count). The Hall–Kier alpha value is -2.34. The van der Waals surface area contributed by atoms with Gasteiger partial charge in [-0.1, -0.05) is 25.5 Å². The first kappa shape index (κ1) is 21.4. The van der Waals surface area contributed by atoms with Gasteiger partial charge in [0.2, 0.25) is 0 Å². The van der Waals surface area contributed by atoms with Crippen molar-refractivity contribution in [2.24, 2.45) is 5.92 Å². The number of ether oxygens (including phenoxy) is 1. The number of carbonyl (C=O) groups is 2. The summed E-state index contributed by atoms with van der Waals surface area (Å²) in [6.07, 6.45) is 3.62. The van der Waals surface area contributed by atoms with E-state index in [1.54, 1.807) is 0 Å². The molecule has 6 nitrogen and oxygen atoms in total. The molecule has 1 atom stereocenters. The smallest absolute Gasteiger partial charge is 0.277 e. The van der Waals surface area contributed by atoms with Gasteiger partial charge in [0, 0.05) is 26.2 Å². The molecule has 1 aromatic carbocycles. The van der Waals surface area contributed by atoms with Crippen LogP contribution < -0.4 is 4.74 Å². The molecule has 29 heavy (non-hydrogen) atoms. The predicted molar refractivity (Wildman–Crippen MR) is 112 cm³/mol. The molecule has 0 saturated carbocycles. The first-order chi connectivity index (χ1) is 14.0. The quantitative estimate of drug-likeness (QED) is 0.679. The molecule has 1 aromatic rings. The molecule has 1 saturated heterocycles. The van der Waals surface area contributed by atoms with E-state index in [2.05, 4.69) is 0 Å². The molecule has 158 valence electrons. The Labute approximate surface area is 173 Å². The van der Waals surface area contributed by atoms with Crippen LogP contribution in [0, 0.1) is 5.92 Å². The number of aliphatic hydroxyl groups is 1. The van der Waals surface area contributed by atoms with Crippen LogP contribution in [0.1, 0.15) is 52.0 Å². The zero-order valence-corrected chi connectivity index (χ0v) is 17.7. The number of hydrogen-bond donors (Lipinski definition) is 1. The van der Waals surface area contributed by atoms with Crippen molar-refractivity contribution < 1.29 is 19.4 Å². The average molecular weight is 401 g/mol. The molecule has 0 spiro atoms. The highest BCUT2D eigenvalue weighted by Crippen LogP contribution is 2.34. The zero-order chi connectivity index (χ0) is 21.0. The summed E-state index contributed by atoms with van der Waals surface area (Å²) >= 11 is 0. The summed E-state index contributed by atoms with van der Waals surface area (Å²) in [4.78, 5) is 29.8. The van der Waals surface area contributed by atoms with Crippen molar-refractivity contribution in [3.05, 3.63) is 35.5 Å². The fourth-order valence-electron chi connectivity index (χ4n) is 4.03. The van der Waals surface area contributed by atoms with Crippen molar-refractivity contribution in [2.45, 2.75) is 52.6 Å². The van der Waals surface area contributed by atoms with Gasteiger partial charge in [-0.2, -0.15) is 0 Å². The molecule has 0 aromatic heterocycles. The highest BCUT2D eigenvalue weighted by molar-refractivity contribution is 6.35. The number of carbonyl (C=O) groups excluding carboxylic acids is 2. The molecule has 2 aliphatic heterocycles. The van der Waals surface area contributed by atoms with Crippen LogP contribution >= 0.6 is 0 Å². The first-order valence-electron chi connectivity index (χ1n) is 10.7. The lowest BCUT2D eigenvalue weighted by Gasteiger charge is -2.34. The lowest BCUT2D eigenvalue weighted by molar-refractivity contribution is -0.137. The van der Waals surface area contributed by atoms with E-state index in [0.29, 0.717) is 24.4 Å². The molecular formula is C23H32N2O4. The molecule has 1 unspecified atom stereocenters. The van der Waals surface area contributed by atoms with Crippen LogP contribution in [-0.4, -0.2) is 59.1 Å². The minimum atomic E-state index is -0.220. The van der Waals surface area contributed by atoms with Gasteiger partial charge in [-0.25, -0.2) is 0 Å². The molecule has 0 radical (unpaired) electrons. The van der Waals surface area contributed by atoms with Gasteiger partial charge in [0.25, 0.3) is 11.8 Å². The predicted octanol–water partition coefficient (Wildman–Crippen LogP) is 3.06. The number of aliphatic hydroxyl groups excluding tert-OH is 1. The monoisotopic (exact) mass is 400 g/mol. The maximum absolute atomic E-state index is 13.2. The second kappa shape index (κ2) is 9.44. The number of nitrogens with zero attached hydrogens (tertiary/aromatic N) is 2. The van der Waals surface area contributed by atoms with Gasteiger partial charge in [0.15, 0.2) is 0 Å². The van der Waals surface area contributed by atoms with E-state index in [1.807, 2.05) is 49.9 Å².